The van der Waals surface area contributed by atoms with Crippen LogP contribution in [0.25, 0.3) is 0 Å². The zero-order valence-corrected chi connectivity index (χ0v) is 11.9. The van der Waals surface area contributed by atoms with Crippen LogP contribution in [0.1, 0.15) is 12.8 Å². The van der Waals surface area contributed by atoms with Gasteiger partial charge in [0.2, 0.25) is 0 Å². The summed E-state index contributed by atoms with van der Waals surface area (Å²) in [6, 6.07) is 5.02. The molecule has 3 rings (SSSR count). The summed E-state index contributed by atoms with van der Waals surface area (Å²) >= 11 is 0. The third kappa shape index (κ3) is 3.12. The molecule has 1 aromatic carbocycles. The third-order valence-electron chi connectivity index (χ3n) is 4.36. The summed E-state index contributed by atoms with van der Waals surface area (Å²) in [6.45, 7) is -2.00. The molecule has 3 unspecified atom stereocenters. The van der Waals surface area contributed by atoms with E-state index in [0.29, 0.717) is 17.6 Å². The fourth-order valence-electron chi connectivity index (χ4n) is 3.35. The van der Waals surface area contributed by atoms with E-state index in [1.165, 1.54) is 20.0 Å². The molecule has 0 radical (unpaired) electrons. The van der Waals surface area contributed by atoms with Crippen LogP contribution < -0.4 is 14.8 Å². The molecule has 2 aliphatic carbocycles. The number of hydrogen-bond acceptors (Lipinski definition) is 3. The maximum Gasteiger partial charge on any atom is 0.387 e. The van der Waals surface area contributed by atoms with Crippen molar-refractivity contribution < 1.29 is 18.3 Å². The van der Waals surface area contributed by atoms with Crippen molar-refractivity contribution in [1.82, 2.24) is 0 Å². The number of anilines is 1. The van der Waals surface area contributed by atoms with Crippen molar-refractivity contribution in [2.24, 2.45) is 17.8 Å². The number of ether oxygens (including phenoxy) is 2. The summed E-state index contributed by atoms with van der Waals surface area (Å²) in [6.07, 6.45) is 7.09. The Kier molecular flexibility index (Phi) is 3.99. The Balaban J connectivity index is 1.64. The molecule has 1 saturated carbocycles. The number of fused-ring (bicyclic) bond motifs is 2. The van der Waals surface area contributed by atoms with Gasteiger partial charge >= 0.3 is 6.61 Å². The van der Waals surface area contributed by atoms with Gasteiger partial charge in [0.1, 0.15) is 0 Å². The van der Waals surface area contributed by atoms with E-state index in [4.69, 9.17) is 4.74 Å². The fourth-order valence-corrected chi connectivity index (χ4v) is 3.35. The van der Waals surface area contributed by atoms with Gasteiger partial charge in [-0.25, -0.2) is 0 Å². The SMILES string of the molecule is COc1ccc(NCC2CC3C=CC2C3)cc1OC(F)F. The second-order valence-corrected chi connectivity index (χ2v) is 5.67. The predicted octanol–water partition coefficient (Wildman–Crippen LogP) is 3.92. The van der Waals surface area contributed by atoms with Crippen LogP contribution in [0.2, 0.25) is 0 Å². The number of rotatable bonds is 6. The molecule has 0 heterocycles. The van der Waals surface area contributed by atoms with Gasteiger partial charge in [0.15, 0.2) is 11.5 Å². The molecule has 1 N–H and O–H groups in total. The van der Waals surface area contributed by atoms with E-state index < -0.39 is 6.61 Å². The highest BCUT2D eigenvalue weighted by Gasteiger charge is 2.35. The van der Waals surface area contributed by atoms with Crippen LogP contribution in [0, 0.1) is 17.8 Å². The van der Waals surface area contributed by atoms with E-state index in [-0.39, 0.29) is 5.75 Å². The summed E-state index contributed by atoms with van der Waals surface area (Å²) in [5.74, 6) is 2.39. The molecule has 1 aromatic rings. The molecule has 3 atom stereocenters. The lowest BCUT2D eigenvalue weighted by Crippen LogP contribution is -2.18. The van der Waals surface area contributed by atoms with Crippen LogP contribution in [0.15, 0.2) is 30.4 Å². The molecule has 2 aliphatic rings. The van der Waals surface area contributed by atoms with Gasteiger partial charge in [-0.15, -0.1) is 0 Å². The molecule has 0 aromatic heterocycles. The first-order chi connectivity index (χ1) is 10.2. The zero-order chi connectivity index (χ0) is 14.8. The van der Waals surface area contributed by atoms with Crippen molar-refractivity contribution in [2.75, 3.05) is 19.0 Å². The Morgan fingerprint density at radius 1 is 1.24 bits per heavy atom. The monoisotopic (exact) mass is 295 g/mol. The van der Waals surface area contributed by atoms with Crippen molar-refractivity contribution in [3.05, 3.63) is 30.4 Å². The summed E-state index contributed by atoms with van der Waals surface area (Å²) < 4.78 is 34.3. The highest BCUT2D eigenvalue weighted by Crippen LogP contribution is 2.43. The summed E-state index contributed by atoms with van der Waals surface area (Å²) in [5, 5.41) is 3.32. The summed E-state index contributed by atoms with van der Waals surface area (Å²) in [5.41, 5.74) is 0.776. The van der Waals surface area contributed by atoms with E-state index in [1.54, 1.807) is 12.1 Å². The standard InChI is InChI=1S/C16H19F2NO2/c1-20-14-5-4-13(8-15(14)21-16(17)18)19-9-12-7-10-2-3-11(12)6-10/h2-5,8,10-12,16,19H,6-7,9H2,1H3. The summed E-state index contributed by atoms with van der Waals surface area (Å²) in [4.78, 5) is 0. The first-order valence-corrected chi connectivity index (χ1v) is 7.20. The smallest absolute Gasteiger partial charge is 0.387 e. The molecular weight excluding hydrogens is 276 g/mol. The van der Waals surface area contributed by atoms with Gasteiger partial charge in [-0.2, -0.15) is 8.78 Å². The van der Waals surface area contributed by atoms with Gasteiger partial charge in [0.25, 0.3) is 0 Å². The molecule has 2 bridgehead atoms. The third-order valence-corrected chi connectivity index (χ3v) is 4.36. The maximum absolute atomic E-state index is 12.4. The van der Waals surface area contributed by atoms with Gasteiger partial charge in [-0.3, -0.25) is 0 Å². The highest BCUT2D eigenvalue weighted by atomic mass is 19.3. The molecular formula is C16H19F2NO2. The quantitative estimate of drug-likeness (QED) is 0.807. The number of halogens is 2. The van der Waals surface area contributed by atoms with Gasteiger partial charge in [0.05, 0.1) is 7.11 Å². The maximum atomic E-state index is 12.4. The number of alkyl halides is 2. The number of hydrogen-bond donors (Lipinski definition) is 1. The second-order valence-electron chi connectivity index (χ2n) is 5.67. The molecule has 0 spiro atoms. The van der Waals surface area contributed by atoms with Gasteiger partial charge < -0.3 is 14.8 Å². The predicted molar refractivity (Wildman–Crippen MR) is 77.0 cm³/mol. The average molecular weight is 295 g/mol. The number of nitrogens with one attached hydrogen (secondary N) is 1. The van der Waals surface area contributed by atoms with Crippen LogP contribution in [0.5, 0.6) is 11.5 Å². The lowest BCUT2D eigenvalue weighted by atomic mass is 9.93. The molecule has 21 heavy (non-hydrogen) atoms. The Morgan fingerprint density at radius 2 is 2.10 bits per heavy atom. The Hall–Kier alpha value is -1.78. The Bertz CT molecular complexity index is 533. The van der Waals surface area contributed by atoms with Crippen LogP contribution in [0.4, 0.5) is 14.5 Å². The van der Waals surface area contributed by atoms with Crippen molar-refractivity contribution in [2.45, 2.75) is 19.5 Å². The molecule has 1 fully saturated rings. The molecule has 3 nitrogen and oxygen atoms in total. The number of allylic oxidation sites excluding steroid dienone is 2. The summed E-state index contributed by atoms with van der Waals surface area (Å²) in [7, 11) is 1.43. The molecule has 0 saturated heterocycles. The van der Waals surface area contributed by atoms with Gasteiger partial charge in [-0.05, 0) is 42.7 Å². The molecule has 114 valence electrons. The molecule has 0 amide bonds. The van der Waals surface area contributed by atoms with Crippen molar-refractivity contribution in [3.63, 3.8) is 0 Å². The van der Waals surface area contributed by atoms with Gasteiger partial charge in [-0.1, -0.05) is 12.2 Å². The first-order valence-electron chi connectivity index (χ1n) is 7.20. The van der Waals surface area contributed by atoms with Gasteiger partial charge in [0, 0.05) is 18.3 Å². The second kappa shape index (κ2) is 5.92. The average Bonchev–Trinajstić information content (AvgIpc) is 3.07. The number of benzene rings is 1. The van der Waals surface area contributed by atoms with E-state index in [1.807, 2.05) is 6.07 Å². The fraction of sp³-hybridized carbons (Fsp3) is 0.500. The van der Waals surface area contributed by atoms with Crippen LogP contribution >= 0.6 is 0 Å². The molecule has 5 heteroatoms. The van der Waals surface area contributed by atoms with Crippen molar-refractivity contribution in [1.29, 1.82) is 0 Å². The Labute approximate surface area is 122 Å². The van der Waals surface area contributed by atoms with Crippen LogP contribution in [0.3, 0.4) is 0 Å². The van der Waals surface area contributed by atoms with E-state index in [0.717, 1.165) is 18.2 Å². The Morgan fingerprint density at radius 3 is 2.71 bits per heavy atom. The minimum atomic E-state index is -2.86. The lowest BCUT2D eigenvalue weighted by Gasteiger charge is -2.20. The lowest BCUT2D eigenvalue weighted by molar-refractivity contribution is -0.0511. The van der Waals surface area contributed by atoms with E-state index in [2.05, 4.69) is 22.2 Å². The van der Waals surface area contributed by atoms with E-state index >= 15 is 0 Å². The highest BCUT2D eigenvalue weighted by molar-refractivity contribution is 5.54. The number of methoxy groups -OCH3 is 1. The minimum Gasteiger partial charge on any atom is -0.493 e. The van der Waals surface area contributed by atoms with Crippen molar-refractivity contribution in [3.8, 4) is 11.5 Å². The van der Waals surface area contributed by atoms with E-state index in [9.17, 15) is 8.78 Å². The van der Waals surface area contributed by atoms with Crippen molar-refractivity contribution >= 4 is 5.69 Å². The topological polar surface area (TPSA) is 30.5 Å². The normalized spacial score (nSPS) is 26.4. The molecule has 0 aliphatic heterocycles. The van der Waals surface area contributed by atoms with Crippen LogP contribution in [-0.4, -0.2) is 20.3 Å². The van der Waals surface area contributed by atoms with Crippen LogP contribution in [-0.2, 0) is 0 Å². The zero-order valence-electron chi connectivity index (χ0n) is 11.9. The largest absolute Gasteiger partial charge is 0.493 e. The minimum absolute atomic E-state index is 0.0605. The first kappa shape index (κ1) is 14.2.